The van der Waals surface area contributed by atoms with E-state index >= 15 is 0 Å². The number of benzene rings is 1. The van der Waals surface area contributed by atoms with Gasteiger partial charge in [-0.15, -0.1) is 10.2 Å². The third kappa shape index (κ3) is 2.85. The molecule has 0 saturated carbocycles. The lowest BCUT2D eigenvalue weighted by molar-refractivity contribution is 0.0697. The predicted molar refractivity (Wildman–Crippen MR) is 70.0 cm³/mol. The van der Waals surface area contributed by atoms with Gasteiger partial charge in [0.2, 0.25) is 11.8 Å². The Balaban J connectivity index is 2.31. The van der Waals surface area contributed by atoms with Crippen molar-refractivity contribution in [1.82, 2.24) is 10.2 Å². The summed E-state index contributed by atoms with van der Waals surface area (Å²) in [6.07, 6.45) is 1.09. The van der Waals surface area contributed by atoms with Crippen molar-refractivity contribution < 1.29 is 22.7 Å². The molecule has 0 spiro atoms. The summed E-state index contributed by atoms with van der Waals surface area (Å²) in [6.45, 7) is 1.46. The van der Waals surface area contributed by atoms with Crippen LogP contribution in [0.5, 0.6) is 0 Å². The number of carbonyl (C=O) groups is 1. The number of hydrogen-bond acceptors (Lipinski definition) is 6. The van der Waals surface area contributed by atoms with Crippen LogP contribution in [0.1, 0.15) is 28.4 Å². The van der Waals surface area contributed by atoms with Crippen LogP contribution in [0.15, 0.2) is 28.7 Å². The topological polar surface area (TPSA) is 110 Å². The summed E-state index contributed by atoms with van der Waals surface area (Å²) in [5.74, 6) is -0.884. The number of rotatable bonds is 4. The average Bonchev–Trinajstić information content (AvgIpc) is 2.86. The van der Waals surface area contributed by atoms with Gasteiger partial charge in [-0.05, 0) is 31.2 Å². The third-order valence-electron chi connectivity index (χ3n) is 2.81. The second-order valence-corrected chi connectivity index (χ2v) is 6.67. The smallest absolute Gasteiger partial charge is 0.335 e. The molecule has 0 amide bonds. The molecule has 7 nitrogen and oxygen atoms in total. The van der Waals surface area contributed by atoms with Crippen LogP contribution < -0.4 is 0 Å². The Morgan fingerprint density at radius 3 is 2.35 bits per heavy atom. The highest BCUT2D eigenvalue weighted by Crippen LogP contribution is 2.24. The first-order valence-electron chi connectivity index (χ1n) is 5.65. The molecule has 0 fully saturated rings. The van der Waals surface area contributed by atoms with E-state index in [1.807, 2.05) is 0 Å². The summed E-state index contributed by atoms with van der Waals surface area (Å²) in [6, 6.07) is 5.85. The summed E-state index contributed by atoms with van der Waals surface area (Å²) >= 11 is 0. The quantitative estimate of drug-likeness (QED) is 0.910. The molecule has 2 aromatic rings. The molecule has 1 heterocycles. The van der Waals surface area contributed by atoms with Gasteiger partial charge in [-0.1, -0.05) is 0 Å². The first-order chi connectivity index (χ1) is 9.29. The van der Waals surface area contributed by atoms with Crippen LogP contribution in [0.2, 0.25) is 0 Å². The number of carboxylic acids is 1. The molecule has 8 heteroatoms. The Morgan fingerprint density at radius 2 is 1.85 bits per heavy atom. The molecule has 0 radical (unpaired) electrons. The van der Waals surface area contributed by atoms with Gasteiger partial charge in [-0.2, -0.15) is 0 Å². The van der Waals surface area contributed by atoms with Crippen LogP contribution in [-0.4, -0.2) is 35.9 Å². The second kappa shape index (κ2) is 5.04. The largest absolute Gasteiger partial charge is 0.478 e. The predicted octanol–water partition coefficient (Wildman–Crippen LogP) is 1.54. The minimum Gasteiger partial charge on any atom is -0.478 e. The molecule has 1 aromatic heterocycles. The normalized spacial score (nSPS) is 13.1. The fourth-order valence-electron chi connectivity index (χ4n) is 1.45. The molecule has 0 bridgehead atoms. The standard InChI is InChI=1S/C12H12N2O5S/c1-7(20(2,17)18)10-13-14-11(19-10)8-3-5-9(6-4-8)12(15)16/h3-7H,1-2H3,(H,15,16). The molecule has 0 aliphatic carbocycles. The number of aromatic nitrogens is 2. The van der Waals surface area contributed by atoms with Crippen LogP contribution in [0.4, 0.5) is 0 Å². The summed E-state index contributed by atoms with van der Waals surface area (Å²) in [7, 11) is -3.32. The Labute approximate surface area is 115 Å². The molecular formula is C12H12N2O5S. The van der Waals surface area contributed by atoms with Crippen molar-refractivity contribution in [2.24, 2.45) is 0 Å². The maximum absolute atomic E-state index is 11.4. The van der Waals surface area contributed by atoms with E-state index in [1.54, 1.807) is 0 Å². The van der Waals surface area contributed by atoms with Crippen molar-refractivity contribution in [2.45, 2.75) is 12.2 Å². The van der Waals surface area contributed by atoms with Gasteiger partial charge in [-0.25, -0.2) is 13.2 Å². The van der Waals surface area contributed by atoms with Gasteiger partial charge in [-0.3, -0.25) is 0 Å². The maximum atomic E-state index is 11.4. The van der Waals surface area contributed by atoms with Gasteiger partial charge in [0.25, 0.3) is 0 Å². The van der Waals surface area contributed by atoms with E-state index in [1.165, 1.54) is 31.2 Å². The van der Waals surface area contributed by atoms with E-state index in [2.05, 4.69) is 10.2 Å². The molecule has 1 atom stereocenters. The van der Waals surface area contributed by atoms with Crippen molar-refractivity contribution in [3.63, 3.8) is 0 Å². The zero-order chi connectivity index (χ0) is 14.9. The lowest BCUT2D eigenvalue weighted by Crippen LogP contribution is -2.07. The first kappa shape index (κ1) is 14.2. The Hall–Kier alpha value is -2.22. The molecule has 106 valence electrons. The Kier molecular flexibility index (Phi) is 3.58. The highest BCUT2D eigenvalue weighted by molar-refractivity contribution is 7.90. The zero-order valence-corrected chi connectivity index (χ0v) is 11.6. The summed E-state index contributed by atoms with van der Waals surface area (Å²) < 4.78 is 28.1. The van der Waals surface area contributed by atoms with Crippen LogP contribution in [0, 0.1) is 0 Å². The molecular weight excluding hydrogens is 284 g/mol. The summed E-state index contributed by atoms with van der Waals surface area (Å²) in [5.41, 5.74) is 0.660. The fraction of sp³-hybridized carbons (Fsp3) is 0.250. The number of carboxylic acid groups (broad SMARTS) is 1. The van der Waals surface area contributed by atoms with Crippen molar-refractivity contribution in [2.75, 3.05) is 6.26 Å². The van der Waals surface area contributed by atoms with Gasteiger partial charge in [0.1, 0.15) is 5.25 Å². The lowest BCUT2D eigenvalue weighted by Gasteiger charge is -2.02. The summed E-state index contributed by atoms with van der Waals surface area (Å²) in [4.78, 5) is 10.7. The fourth-order valence-corrected chi connectivity index (χ4v) is 1.92. The number of sulfone groups is 1. The van der Waals surface area contributed by atoms with Gasteiger partial charge >= 0.3 is 5.97 Å². The zero-order valence-electron chi connectivity index (χ0n) is 10.8. The third-order valence-corrected chi connectivity index (χ3v) is 4.30. The number of aromatic carboxylic acids is 1. The van der Waals surface area contributed by atoms with Crippen molar-refractivity contribution >= 4 is 15.8 Å². The Morgan fingerprint density at radius 1 is 1.25 bits per heavy atom. The first-order valence-corrected chi connectivity index (χ1v) is 7.60. The van der Waals surface area contributed by atoms with Crippen molar-refractivity contribution in [3.05, 3.63) is 35.7 Å². The van der Waals surface area contributed by atoms with Gasteiger partial charge < -0.3 is 9.52 Å². The van der Waals surface area contributed by atoms with E-state index in [4.69, 9.17) is 9.52 Å². The van der Waals surface area contributed by atoms with E-state index in [-0.39, 0.29) is 17.3 Å². The Bertz CT molecular complexity index is 733. The molecule has 1 unspecified atom stereocenters. The molecule has 0 aliphatic heterocycles. The minimum atomic E-state index is -3.32. The van der Waals surface area contributed by atoms with Crippen LogP contribution in [0.3, 0.4) is 0 Å². The van der Waals surface area contributed by atoms with Crippen LogP contribution in [0.25, 0.3) is 11.5 Å². The van der Waals surface area contributed by atoms with E-state index in [0.717, 1.165) is 6.26 Å². The number of hydrogen-bond donors (Lipinski definition) is 1. The van der Waals surface area contributed by atoms with E-state index < -0.39 is 21.1 Å². The van der Waals surface area contributed by atoms with Crippen molar-refractivity contribution in [1.29, 1.82) is 0 Å². The summed E-state index contributed by atoms with van der Waals surface area (Å²) in [5, 5.41) is 15.4. The van der Waals surface area contributed by atoms with Gasteiger partial charge in [0.05, 0.1) is 5.56 Å². The van der Waals surface area contributed by atoms with Gasteiger partial charge in [0.15, 0.2) is 9.84 Å². The highest BCUT2D eigenvalue weighted by Gasteiger charge is 2.23. The number of nitrogens with zero attached hydrogens (tertiary/aromatic N) is 2. The monoisotopic (exact) mass is 296 g/mol. The van der Waals surface area contributed by atoms with Gasteiger partial charge in [0, 0.05) is 11.8 Å². The molecule has 0 saturated heterocycles. The SMILES string of the molecule is CC(c1nnc(-c2ccc(C(=O)O)cc2)o1)S(C)(=O)=O. The molecule has 1 aromatic carbocycles. The van der Waals surface area contributed by atoms with E-state index in [9.17, 15) is 13.2 Å². The molecule has 20 heavy (non-hydrogen) atoms. The van der Waals surface area contributed by atoms with Crippen LogP contribution >= 0.6 is 0 Å². The maximum Gasteiger partial charge on any atom is 0.335 e. The van der Waals surface area contributed by atoms with Crippen LogP contribution in [-0.2, 0) is 9.84 Å². The molecule has 2 rings (SSSR count). The average molecular weight is 296 g/mol. The molecule has 0 aliphatic rings. The minimum absolute atomic E-state index is 0.00445. The second-order valence-electron chi connectivity index (χ2n) is 4.30. The highest BCUT2D eigenvalue weighted by atomic mass is 32.2. The molecule has 1 N–H and O–H groups in total. The lowest BCUT2D eigenvalue weighted by atomic mass is 10.1. The van der Waals surface area contributed by atoms with E-state index in [0.29, 0.717) is 5.56 Å². The van der Waals surface area contributed by atoms with Crippen molar-refractivity contribution in [3.8, 4) is 11.5 Å².